The lowest BCUT2D eigenvalue weighted by Crippen LogP contribution is -2.62. The lowest BCUT2D eigenvalue weighted by Gasteiger charge is -2.32. The van der Waals surface area contributed by atoms with Crippen LogP contribution in [0.15, 0.2) is 4.99 Å². The number of fused-ring (bicyclic) bond motifs is 1. The molecule has 2 heterocycles. The van der Waals surface area contributed by atoms with Crippen molar-refractivity contribution in [2.45, 2.75) is 26.3 Å². The summed E-state index contributed by atoms with van der Waals surface area (Å²) >= 11 is 0. The van der Waals surface area contributed by atoms with Crippen molar-refractivity contribution < 1.29 is 14.2 Å². The number of amidine groups is 2. The molecule has 7 heteroatoms. The highest BCUT2D eigenvalue weighted by Crippen LogP contribution is 2.19. The van der Waals surface area contributed by atoms with Crippen LogP contribution in [0.1, 0.15) is 20.3 Å². The van der Waals surface area contributed by atoms with E-state index in [9.17, 15) is 9.59 Å². The van der Waals surface area contributed by atoms with Gasteiger partial charge in [-0.3, -0.25) is 14.6 Å². The summed E-state index contributed by atoms with van der Waals surface area (Å²) in [5.41, 5.74) is 0. The molecule has 0 bridgehead atoms. The molecule has 1 atom stereocenters. The van der Waals surface area contributed by atoms with Crippen molar-refractivity contribution in [3.63, 3.8) is 0 Å². The van der Waals surface area contributed by atoms with Gasteiger partial charge in [0.15, 0.2) is 0 Å². The number of likely N-dealkylation sites (N-methyl/N-ethyl adjacent to an activating group) is 2. The van der Waals surface area contributed by atoms with E-state index in [0.717, 1.165) is 10.7 Å². The predicted octanol–water partition coefficient (Wildman–Crippen LogP) is 0.0256. The first kappa shape index (κ1) is 13.2. The lowest BCUT2D eigenvalue weighted by atomic mass is 10.1. The van der Waals surface area contributed by atoms with Gasteiger partial charge in [0.25, 0.3) is 23.6 Å². The molecule has 1 unspecified atom stereocenters. The van der Waals surface area contributed by atoms with Crippen molar-refractivity contribution in [1.29, 1.82) is 5.26 Å². The molecule has 1 fully saturated rings. The number of carbonyl (C=O) groups is 2. The molecule has 0 aliphatic carbocycles. The first-order chi connectivity index (χ1) is 9.02. The van der Waals surface area contributed by atoms with Gasteiger partial charge in [0.2, 0.25) is 0 Å². The fourth-order valence-corrected chi connectivity index (χ4v) is 2.42. The summed E-state index contributed by atoms with van der Waals surface area (Å²) in [4.78, 5) is 31.4. The average Bonchev–Trinajstić information content (AvgIpc) is 2.73. The van der Waals surface area contributed by atoms with Gasteiger partial charge in [-0.25, -0.2) is 9.37 Å². The van der Waals surface area contributed by atoms with Crippen molar-refractivity contribution in [3.05, 3.63) is 0 Å². The van der Waals surface area contributed by atoms with Gasteiger partial charge in [-0.2, -0.15) is 5.26 Å². The van der Waals surface area contributed by atoms with Crippen molar-refractivity contribution in [2.75, 3.05) is 20.1 Å². The monoisotopic (exact) mass is 262 g/mol. The zero-order valence-corrected chi connectivity index (χ0v) is 11.3. The summed E-state index contributed by atoms with van der Waals surface area (Å²) in [5, 5.41) is 8.61. The fraction of sp³-hybridized carbons (Fsp3) is 0.583. The molecule has 1 saturated heterocycles. The highest BCUT2D eigenvalue weighted by atomic mass is 16.2. The third-order valence-electron chi connectivity index (χ3n) is 3.40. The first-order valence-electron chi connectivity index (χ1n) is 6.17. The van der Waals surface area contributed by atoms with Crippen molar-refractivity contribution in [3.8, 4) is 6.07 Å². The summed E-state index contributed by atoms with van der Waals surface area (Å²) in [5.74, 6) is 0.913. The smallest absolute Gasteiger partial charge is 0.269 e. The number of rotatable bonds is 3. The summed E-state index contributed by atoms with van der Waals surface area (Å²) < 4.78 is 1.86. The van der Waals surface area contributed by atoms with E-state index in [1.807, 2.05) is 24.5 Å². The van der Waals surface area contributed by atoms with Crippen molar-refractivity contribution >= 4 is 23.6 Å². The molecule has 2 aliphatic heterocycles. The largest absolute Gasteiger partial charge is 0.333 e. The Morgan fingerprint density at radius 1 is 1.47 bits per heavy atom. The maximum atomic E-state index is 12.4. The molecule has 100 valence electrons. The molecule has 0 saturated carbocycles. The van der Waals surface area contributed by atoms with Crippen LogP contribution in [0.2, 0.25) is 0 Å². The second-order valence-corrected chi connectivity index (χ2v) is 4.45. The minimum absolute atomic E-state index is 0.124. The van der Waals surface area contributed by atoms with Crippen LogP contribution < -0.4 is 0 Å². The van der Waals surface area contributed by atoms with Crippen molar-refractivity contribution in [1.82, 2.24) is 9.80 Å². The highest BCUT2D eigenvalue weighted by Gasteiger charge is 2.52. The van der Waals surface area contributed by atoms with E-state index in [-0.39, 0.29) is 18.9 Å². The fourth-order valence-electron chi connectivity index (χ4n) is 2.42. The summed E-state index contributed by atoms with van der Waals surface area (Å²) in [6.07, 6.45) is 0.138. The molecule has 0 N–H and O–H groups in total. The molecular formula is C12H16N5O2+. The van der Waals surface area contributed by atoms with Crippen LogP contribution in [0.4, 0.5) is 4.79 Å². The van der Waals surface area contributed by atoms with Gasteiger partial charge in [-0.1, -0.05) is 0 Å². The molecular weight excluding hydrogens is 246 g/mol. The van der Waals surface area contributed by atoms with Gasteiger partial charge >= 0.3 is 6.03 Å². The van der Waals surface area contributed by atoms with Gasteiger partial charge < -0.3 is 0 Å². The quantitative estimate of drug-likeness (QED) is 0.673. The number of carbonyl (C=O) groups excluding carboxylic acids is 2. The zero-order chi connectivity index (χ0) is 14.2. The number of hydrogen-bond acceptors (Lipinski definition) is 4. The van der Waals surface area contributed by atoms with E-state index in [4.69, 9.17) is 5.26 Å². The summed E-state index contributed by atoms with van der Waals surface area (Å²) in [6, 6.07) is 0.999. The van der Waals surface area contributed by atoms with Gasteiger partial charge in [-0.15, -0.1) is 0 Å². The third kappa shape index (κ3) is 1.89. The van der Waals surface area contributed by atoms with E-state index in [2.05, 4.69) is 4.99 Å². The van der Waals surface area contributed by atoms with Crippen LogP contribution in [0, 0.1) is 11.3 Å². The Labute approximate surface area is 111 Å². The van der Waals surface area contributed by atoms with Crippen LogP contribution in [-0.2, 0) is 4.79 Å². The maximum Gasteiger partial charge on any atom is 0.333 e. The van der Waals surface area contributed by atoms with E-state index in [1.54, 1.807) is 7.05 Å². The molecule has 0 aromatic rings. The number of urea groups is 1. The Kier molecular flexibility index (Phi) is 3.34. The average molecular weight is 262 g/mol. The third-order valence-corrected chi connectivity index (χ3v) is 3.40. The van der Waals surface area contributed by atoms with Crippen LogP contribution in [-0.4, -0.2) is 64.2 Å². The van der Waals surface area contributed by atoms with Gasteiger partial charge in [0, 0.05) is 20.5 Å². The summed E-state index contributed by atoms with van der Waals surface area (Å²) in [6.45, 7) is 4.52. The minimum Gasteiger partial charge on any atom is -0.269 e. The van der Waals surface area contributed by atoms with Gasteiger partial charge in [0.05, 0.1) is 19.0 Å². The molecule has 0 aromatic carbocycles. The van der Waals surface area contributed by atoms with E-state index in [0.29, 0.717) is 12.4 Å². The number of nitrogens with zero attached hydrogens (tertiary/aromatic N) is 5. The van der Waals surface area contributed by atoms with Crippen molar-refractivity contribution in [2.24, 2.45) is 4.99 Å². The predicted molar refractivity (Wildman–Crippen MR) is 67.8 cm³/mol. The SMILES string of the molecule is CC[N+]1=C(C)N=C2C1C(=O)N(CCC#N)C(=O)N2C. The van der Waals surface area contributed by atoms with Crippen LogP contribution in [0.25, 0.3) is 0 Å². The number of nitriles is 1. The Hall–Kier alpha value is -2.23. The maximum absolute atomic E-state index is 12.4. The minimum atomic E-state index is -0.536. The second-order valence-electron chi connectivity index (χ2n) is 4.45. The highest BCUT2D eigenvalue weighted by molar-refractivity contribution is 6.22. The second kappa shape index (κ2) is 4.80. The molecule has 0 spiro atoms. The lowest BCUT2D eigenvalue weighted by molar-refractivity contribution is -0.532. The van der Waals surface area contributed by atoms with E-state index < -0.39 is 12.1 Å². The molecule has 7 nitrogen and oxygen atoms in total. The topological polar surface area (TPSA) is 79.8 Å². The van der Waals surface area contributed by atoms with Crippen LogP contribution in [0.5, 0.6) is 0 Å². The normalized spacial score (nSPS) is 22.6. The van der Waals surface area contributed by atoms with Crippen LogP contribution >= 0.6 is 0 Å². The molecule has 0 aromatic heterocycles. The standard InChI is InChI=1S/C12H16N5O2/c1-4-16-8(2)14-10-9(16)11(18)17(7-5-6-13)12(19)15(10)3/h9H,4-5,7H2,1-3H3/q+1. The number of imide groups is 1. The summed E-state index contributed by atoms with van der Waals surface area (Å²) in [7, 11) is 1.60. The van der Waals surface area contributed by atoms with Crippen LogP contribution in [0.3, 0.4) is 0 Å². The zero-order valence-electron chi connectivity index (χ0n) is 11.3. The Bertz CT molecular complexity index is 543. The first-order valence-corrected chi connectivity index (χ1v) is 6.17. The van der Waals surface area contributed by atoms with Gasteiger partial charge in [0.1, 0.15) is 0 Å². The molecule has 2 rings (SSSR count). The van der Waals surface area contributed by atoms with E-state index in [1.165, 1.54) is 4.90 Å². The Morgan fingerprint density at radius 2 is 2.16 bits per heavy atom. The number of hydrogen-bond donors (Lipinski definition) is 0. The Balaban J connectivity index is 2.37. The molecule has 3 amide bonds. The van der Waals surface area contributed by atoms with E-state index >= 15 is 0 Å². The Morgan fingerprint density at radius 3 is 2.74 bits per heavy atom. The molecule has 19 heavy (non-hydrogen) atoms. The van der Waals surface area contributed by atoms with Gasteiger partial charge in [-0.05, 0) is 11.9 Å². The molecule has 0 radical (unpaired) electrons. The number of amides is 3. The molecule has 2 aliphatic rings. The number of aliphatic imine (C=N–C) groups is 1.